The number of nitrogens with zero attached hydrogens (tertiary/aromatic N) is 3. The Bertz CT molecular complexity index is 2020. The fourth-order valence-electron chi connectivity index (χ4n) is 5.58. The van der Waals surface area contributed by atoms with Gasteiger partial charge in [0.2, 0.25) is 0 Å². The van der Waals surface area contributed by atoms with Crippen LogP contribution in [0.25, 0.3) is 22.7 Å². The number of hydrogen-bond acceptors (Lipinski definition) is 6. The summed E-state index contributed by atoms with van der Waals surface area (Å²) < 4.78 is 15.6. The SMILES string of the molecule is CCOC(=O)C1=C(c2ccccc2)N=c2s/c(=C\c3cn(C(C)C)c4ccccc34)c(=O)n2[C@@H]1c1ccc(OCC)cc1. The molecule has 1 atom stereocenters. The van der Waals surface area contributed by atoms with Gasteiger partial charge in [0.05, 0.1) is 35.1 Å². The van der Waals surface area contributed by atoms with E-state index in [1.165, 1.54) is 11.3 Å². The number of rotatable bonds is 8. The number of para-hydroxylation sites is 1. The summed E-state index contributed by atoms with van der Waals surface area (Å²) in [6, 6.07) is 24.8. The molecule has 218 valence electrons. The molecule has 0 N–H and O–H groups in total. The van der Waals surface area contributed by atoms with E-state index in [0.29, 0.717) is 33.0 Å². The van der Waals surface area contributed by atoms with Crippen LogP contribution in [0, 0.1) is 0 Å². The predicted molar refractivity (Wildman–Crippen MR) is 171 cm³/mol. The average molecular weight is 592 g/mol. The van der Waals surface area contributed by atoms with Gasteiger partial charge in [-0.15, -0.1) is 0 Å². The molecule has 8 heteroatoms. The maximum Gasteiger partial charge on any atom is 0.338 e. The van der Waals surface area contributed by atoms with Crippen molar-refractivity contribution in [3.05, 3.63) is 127 Å². The van der Waals surface area contributed by atoms with Crippen LogP contribution >= 0.6 is 11.3 Å². The molecule has 6 rings (SSSR count). The molecule has 7 nitrogen and oxygen atoms in total. The Morgan fingerprint density at radius 2 is 1.70 bits per heavy atom. The summed E-state index contributed by atoms with van der Waals surface area (Å²) in [6.07, 6.45) is 4.04. The fraction of sp³-hybridized carbons (Fsp3) is 0.229. The van der Waals surface area contributed by atoms with E-state index in [2.05, 4.69) is 36.7 Å². The second-order valence-corrected chi connectivity index (χ2v) is 11.5. The molecule has 1 aliphatic heterocycles. The van der Waals surface area contributed by atoms with Crippen molar-refractivity contribution in [3.8, 4) is 5.75 Å². The first-order valence-corrected chi connectivity index (χ1v) is 15.3. The lowest BCUT2D eigenvalue weighted by Gasteiger charge is -2.26. The zero-order chi connectivity index (χ0) is 30.1. The van der Waals surface area contributed by atoms with Gasteiger partial charge in [-0.1, -0.05) is 72.0 Å². The highest BCUT2D eigenvalue weighted by atomic mass is 32.1. The first-order chi connectivity index (χ1) is 20.9. The highest BCUT2D eigenvalue weighted by Crippen LogP contribution is 2.36. The van der Waals surface area contributed by atoms with E-state index >= 15 is 0 Å². The summed E-state index contributed by atoms with van der Waals surface area (Å²) in [5.74, 6) is 0.211. The Morgan fingerprint density at radius 1 is 0.977 bits per heavy atom. The average Bonchev–Trinajstić information content (AvgIpc) is 3.55. The maximum absolute atomic E-state index is 14.3. The van der Waals surface area contributed by atoms with Crippen molar-refractivity contribution < 1.29 is 14.3 Å². The van der Waals surface area contributed by atoms with Crippen LogP contribution in [0.3, 0.4) is 0 Å². The number of ether oxygens (including phenoxy) is 2. The van der Waals surface area contributed by atoms with E-state index in [0.717, 1.165) is 27.6 Å². The smallest absolute Gasteiger partial charge is 0.338 e. The number of fused-ring (bicyclic) bond motifs is 2. The molecule has 0 fully saturated rings. The zero-order valence-electron chi connectivity index (χ0n) is 24.6. The van der Waals surface area contributed by atoms with Crippen LogP contribution in [0.5, 0.6) is 5.75 Å². The Balaban J connectivity index is 1.63. The Morgan fingerprint density at radius 3 is 2.40 bits per heavy atom. The molecule has 1 aliphatic rings. The van der Waals surface area contributed by atoms with Crippen molar-refractivity contribution in [3.63, 3.8) is 0 Å². The van der Waals surface area contributed by atoms with Crippen LogP contribution in [0.1, 0.15) is 56.5 Å². The molecule has 0 spiro atoms. The number of thiazole rings is 1. The lowest BCUT2D eigenvalue weighted by Crippen LogP contribution is -2.40. The molecule has 0 aliphatic carbocycles. The van der Waals surface area contributed by atoms with Gasteiger partial charge in [0.25, 0.3) is 5.56 Å². The monoisotopic (exact) mass is 591 g/mol. The third-order valence-corrected chi connectivity index (χ3v) is 8.48. The van der Waals surface area contributed by atoms with E-state index < -0.39 is 12.0 Å². The summed E-state index contributed by atoms with van der Waals surface area (Å²) in [7, 11) is 0. The predicted octanol–water partition coefficient (Wildman–Crippen LogP) is 5.87. The number of carbonyl (C=O) groups is 1. The Kier molecular flexibility index (Phi) is 7.86. The van der Waals surface area contributed by atoms with E-state index in [1.54, 1.807) is 11.5 Å². The third-order valence-electron chi connectivity index (χ3n) is 7.49. The fourth-order valence-corrected chi connectivity index (χ4v) is 6.58. The van der Waals surface area contributed by atoms with Gasteiger partial charge in [0.1, 0.15) is 5.75 Å². The molecule has 0 saturated carbocycles. The molecule has 0 saturated heterocycles. The summed E-state index contributed by atoms with van der Waals surface area (Å²) in [5, 5.41) is 1.07. The molecule has 2 aromatic heterocycles. The van der Waals surface area contributed by atoms with Crippen LogP contribution in [-0.2, 0) is 9.53 Å². The number of benzene rings is 3. The van der Waals surface area contributed by atoms with Crippen molar-refractivity contribution >= 4 is 40.0 Å². The van der Waals surface area contributed by atoms with Crippen molar-refractivity contribution in [2.24, 2.45) is 4.99 Å². The van der Waals surface area contributed by atoms with Crippen LogP contribution in [0.15, 0.2) is 100 Å². The highest BCUT2D eigenvalue weighted by molar-refractivity contribution is 7.07. The van der Waals surface area contributed by atoms with Crippen molar-refractivity contribution in [2.45, 2.75) is 39.8 Å². The summed E-state index contributed by atoms with van der Waals surface area (Å²) >= 11 is 1.33. The van der Waals surface area contributed by atoms with E-state index in [1.807, 2.05) is 79.7 Å². The molecule has 3 aromatic carbocycles. The number of hydrogen-bond donors (Lipinski definition) is 0. The first-order valence-electron chi connectivity index (χ1n) is 14.5. The minimum absolute atomic E-state index is 0.199. The van der Waals surface area contributed by atoms with E-state index in [4.69, 9.17) is 14.5 Å². The van der Waals surface area contributed by atoms with Gasteiger partial charge in [-0.2, -0.15) is 0 Å². The molecule has 0 bridgehead atoms. The third kappa shape index (κ3) is 5.23. The summed E-state index contributed by atoms with van der Waals surface area (Å²) in [4.78, 5) is 33.4. The van der Waals surface area contributed by atoms with Gasteiger partial charge < -0.3 is 14.0 Å². The van der Waals surface area contributed by atoms with Crippen molar-refractivity contribution in [2.75, 3.05) is 13.2 Å². The van der Waals surface area contributed by atoms with E-state index in [9.17, 15) is 9.59 Å². The topological polar surface area (TPSA) is 74.8 Å². The Hall–Kier alpha value is -4.69. The van der Waals surface area contributed by atoms with E-state index in [-0.39, 0.29) is 18.2 Å². The minimum Gasteiger partial charge on any atom is -0.494 e. The minimum atomic E-state index is -0.736. The van der Waals surface area contributed by atoms with Gasteiger partial charge in [-0.05, 0) is 57.5 Å². The van der Waals surface area contributed by atoms with Crippen LogP contribution in [0.4, 0.5) is 0 Å². The standard InChI is InChI=1S/C35H33N3O4S/c1-5-41-26-18-16-24(17-19-26)32-30(34(40)42-6-2)31(23-12-8-7-9-13-23)36-35-38(32)33(39)29(43-35)20-25-21-37(22(3)4)28-15-11-10-14-27(25)28/h7-22,32H,5-6H2,1-4H3/b29-20-/t32-/m1/s1. The van der Waals surface area contributed by atoms with Crippen LogP contribution in [0.2, 0.25) is 0 Å². The molecule has 3 heterocycles. The van der Waals surface area contributed by atoms with Gasteiger partial charge in [-0.3, -0.25) is 9.36 Å². The van der Waals surface area contributed by atoms with Gasteiger partial charge in [0.15, 0.2) is 4.80 Å². The first kappa shape index (κ1) is 28.4. The second-order valence-electron chi connectivity index (χ2n) is 10.5. The molecular weight excluding hydrogens is 558 g/mol. The molecule has 43 heavy (non-hydrogen) atoms. The quantitative estimate of drug-likeness (QED) is 0.212. The largest absolute Gasteiger partial charge is 0.494 e. The zero-order valence-corrected chi connectivity index (χ0v) is 25.4. The molecule has 0 radical (unpaired) electrons. The normalized spacial score (nSPS) is 15.1. The van der Waals surface area contributed by atoms with Crippen LogP contribution in [-0.4, -0.2) is 28.3 Å². The maximum atomic E-state index is 14.3. The second kappa shape index (κ2) is 11.9. The molecule has 0 unspecified atom stereocenters. The lowest BCUT2D eigenvalue weighted by atomic mass is 9.93. The summed E-state index contributed by atoms with van der Waals surface area (Å²) in [6.45, 7) is 8.72. The molecule has 5 aromatic rings. The van der Waals surface area contributed by atoms with Gasteiger partial charge in [0, 0.05) is 34.3 Å². The number of aromatic nitrogens is 2. The number of carbonyl (C=O) groups excluding carboxylic acids is 1. The Labute approximate surface area is 253 Å². The lowest BCUT2D eigenvalue weighted by molar-refractivity contribution is -0.138. The van der Waals surface area contributed by atoms with Crippen LogP contribution < -0.4 is 19.6 Å². The summed E-state index contributed by atoms with van der Waals surface area (Å²) in [5.41, 5.74) is 4.23. The van der Waals surface area contributed by atoms with Crippen molar-refractivity contribution in [1.29, 1.82) is 0 Å². The highest BCUT2D eigenvalue weighted by Gasteiger charge is 2.35. The van der Waals surface area contributed by atoms with Crippen molar-refractivity contribution in [1.82, 2.24) is 9.13 Å². The number of esters is 1. The molecular formula is C35H33N3O4S. The van der Waals surface area contributed by atoms with Gasteiger partial charge >= 0.3 is 5.97 Å². The molecule has 0 amide bonds. The van der Waals surface area contributed by atoms with Gasteiger partial charge in [-0.25, -0.2) is 9.79 Å².